The van der Waals surface area contributed by atoms with Crippen LogP contribution in [0.4, 0.5) is 0 Å². The van der Waals surface area contributed by atoms with Gasteiger partial charge in [-0.3, -0.25) is 0 Å². The first-order valence-corrected chi connectivity index (χ1v) is 26.9. The molecule has 0 unspecified atom stereocenters. The van der Waals surface area contributed by atoms with Crippen LogP contribution in [-0.4, -0.2) is 16.1 Å². The van der Waals surface area contributed by atoms with Gasteiger partial charge in [0.15, 0.2) is 0 Å². The van der Waals surface area contributed by atoms with Crippen molar-refractivity contribution in [2.75, 3.05) is 0 Å². The van der Waals surface area contributed by atoms with Gasteiger partial charge >= 0.3 is 0 Å². The predicted octanol–water partition coefficient (Wildman–Crippen LogP) is 15.0. The maximum absolute atomic E-state index is 3.82. The molecule has 0 atom stereocenters. The van der Waals surface area contributed by atoms with E-state index in [1.807, 2.05) is 22.7 Å². The lowest BCUT2D eigenvalue weighted by molar-refractivity contribution is 0.837. The lowest BCUT2D eigenvalue weighted by atomic mass is 9.88. The molecule has 0 saturated carbocycles. The Morgan fingerprint density at radius 3 is 0.875 bits per heavy atom. The molecular formula is C52H58S2Si2. The zero-order valence-electron chi connectivity index (χ0n) is 35.5. The first kappa shape index (κ1) is 40.3. The smallest absolute Gasteiger partial charge is 0.107 e. The van der Waals surface area contributed by atoms with Crippen molar-refractivity contribution < 1.29 is 0 Å². The topological polar surface area (TPSA) is 0 Å². The van der Waals surface area contributed by atoms with E-state index in [2.05, 4.69) is 204 Å². The SMILES string of the molecule is CC(C)[Si](c1ccc(C#Cc2c3cc4ccccc4cc3c(C#Cc3ccc([Si](C(C)C)(C(C)C)C(C)C)s3)c3cc4ccccc4cc23)s1)(C(C)C)C(C)C. The summed E-state index contributed by atoms with van der Waals surface area (Å²) in [6.07, 6.45) is 0. The third-order valence-electron chi connectivity index (χ3n) is 13.3. The van der Waals surface area contributed by atoms with E-state index in [4.69, 9.17) is 0 Å². The van der Waals surface area contributed by atoms with Crippen molar-refractivity contribution in [3.05, 3.63) is 118 Å². The Labute approximate surface area is 346 Å². The summed E-state index contributed by atoms with van der Waals surface area (Å²) in [6, 6.07) is 36.3. The second-order valence-electron chi connectivity index (χ2n) is 17.9. The maximum Gasteiger partial charge on any atom is 0.107 e. The number of benzene rings is 5. The van der Waals surface area contributed by atoms with Gasteiger partial charge in [-0.2, -0.15) is 0 Å². The summed E-state index contributed by atoms with van der Waals surface area (Å²) in [4.78, 5) is 2.31. The van der Waals surface area contributed by atoms with Gasteiger partial charge in [0.25, 0.3) is 0 Å². The quantitative estimate of drug-likeness (QED) is 0.0816. The van der Waals surface area contributed by atoms with Crippen LogP contribution in [0.25, 0.3) is 43.1 Å². The van der Waals surface area contributed by atoms with E-state index < -0.39 is 16.1 Å². The summed E-state index contributed by atoms with van der Waals surface area (Å²) in [5, 5.41) is 9.59. The molecule has 0 aliphatic rings. The molecule has 0 saturated heterocycles. The number of hydrogen-bond acceptors (Lipinski definition) is 2. The molecule has 0 fully saturated rings. The van der Waals surface area contributed by atoms with Crippen LogP contribution in [0, 0.1) is 23.7 Å². The Balaban J connectivity index is 1.48. The number of hydrogen-bond donors (Lipinski definition) is 0. The summed E-state index contributed by atoms with van der Waals surface area (Å²) >= 11 is 3.89. The summed E-state index contributed by atoms with van der Waals surface area (Å²) in [5.74, 6) is 15.1. The Morgan fingerprint density at radius 1 is 0.357 bits per heavy atom. The lowest BCUT2D eigenvalue weighted by Crippen LogP contribution is -2.54. The molecule has 286 valence electrons. The average Bonchev–Trinajstić information content (AvgIpc) is 3.81. The van der Waals surface area contributed by atoms with Gasteiger partial charge in [-0.15, -0.1) is 22.7 Å². The van der Waals surface area contributed by atoms with Gasteiger partial charge in [0, 0.05) is 11.1 Å². The van der Waals surface area contributed by atoms with E-state index in [0.717, 1.165) is 20.9 Å². The lowest BCUT2D eigenvalue weighted by Gasteiger charge is -2.42. The Bertz CT molecular complexity index is 2370. The molecule has 0 aliphatic carbocycles. The number of rotatable bonds is 8. The van der Waals surface area contributed by atoms with Crippen LogP contribution in [0.2, 0.25) is 33.2 Å². The average molecular weight is 803 g/mol. The van der Waals surface area contributed by atoms with Crippen LogP contribution in [0.5, 0.6) is 0 Å². The zero-order chi connectivity index (χ0) is 40.1. The van der Waals surface area contributed by atoms with Gasteiger partial charge < -0.3 is 0 Å². The van der Waals surface area contributed by atoms with E-state index in [-0.39, 0.29) is 0 Å². The van der Waals surface area contributed by atoms with Gasteiger partial charge in [0.2, 0.25) is 0 Å². The van der Waals surface area contributed by atoms with Gasteiger partial charge in [0.1, 0.15) is 16.1 Å². The second kappa shape index (κ2) is 15.8. The van der Waals surface area contributed by atoms with E-state index in [1.165, 1.54) is 43.1 Å². The first-order valence-electron chi connectivity index (χ1n) is 20.8. The number of fused-ring (bicyclic) bond motifs is 4. The minimum atomic E-state index is -1.77. The highest BCUT2D eigenvalue weighted by molar-refractivity contribution is 7.28. The van der Waals surface area contributed by atoms with E-state index in [0.29, 0.717) is 33.2 Å². The molecule has 0 nitrogen and oxygen atoms in total. The second-order valence-corrected chi connectivity index (χ2v) is 32.5. The third-order valence-corrected chi connectivity index (χ3v) is 31.1. The molecule has 2 heterocycles. The fraction of sp³-hybridized carbons (Fsp3) is 0.346. The standard InChI is InChI=1S/C52H58S2Si2/c1-33(2)55(34(3)4,35(5)6)51-27-23-43(53-51)21-25-45-47-29-39-17-13-15-19-41(39)31-49(47)46(50-32-42-20-16-14-18-40(42)30-48(45)50)26-22-44-24-28-52(54-44)56(36(7)8,37(9)10)38(11)12/h13-20,23-24,27-38H,1-12H3. The molecule has 2 aromatic heterocycles. The van der Waals surface area contributed by atoms with Gasteiger partial charge in [0.05, 0.1) is 9.75 Å². The predicted molar refractivity (Wildman–Crippen MR) is 258 cm³/mol. The fourth-order valence-corrected chi connectivity index (χ4v) is 30.8. The van der Waals surface area contributed by atoms with Crippen LogP contribution >= 0.6 is 22.7 Å². The molecule has 0 amide bonds. The molecule has 5 aromatic carbocycles. The number of thiophene rings is 2. The molecule has 56 heavy (non-hydrogen) atoms. The van der Waals surface area contributed by atoms with Crippen LogP contribution < -0.4 is 9.00 Å². The van der Waals surface area contributed by atoms with Crippen LogP contribution in [0.3, 0.4) is 0 Å². The third kappa shape index (κ3) is 6.71. The van der Waals surface area contributed by atoms with Crippen molar-refractivity contribution in [3.8, 4) is 23.7 Å². The van der Waals surface area contributed by atoms with E-state index in [1.54, 1.807) is 9.00 Å². The van der Waals surface area contributed by atoms with E-state index >= 15 is 0 Å². The Kier molecular flexibility index (Phi) is 11.4. The van der Waals surface area contributed by atoms with Gasteiger partial charge in [-0.05, 0) is 122 Å². The molecule has 0 bridgehead atoms. The van der Waals surface area contributed by atoms with E-state index in [9.17, 15) is 0 Å². The fourth-order valence-electron chi connectivity index (χ4n) is 11.1. The first-order chi connectivity index (χ1) is 26.7. The van der Waals surface area contributed by atoms with Crippen LogP contribution in [0.1, 0.15) is 104 Å². The Hall–Kier alpha value is -3.91. The van der Waals surface area contributed by atoms with Crippen molar-refractivity contribution in [1.82, 2.24) is 0 Å². The highest BCUT2D eigenvalue weighted by Gasteiger charge is 2.46. The van der Waals surface area contributed by atoms with Crippen LogP contribution in [-0.2, 0) is 0 Å². The largest absolute Gasteiger partial charge is 0.136 e. The van der Waals surface area contributed by atoms with Crippen molar-refractivity contribution in [1.29, 1.82) is 0 Å². The van der Waals surface area contributed by atoms with Gasteiger partial charge in [-0.1, -0.05) is 167 Å². The zero-order valence-corrected chi connectivity index (χ0v) is 39.2. The van der Waals surface area contributed by atoms with Gasteiger partial charge in [-0.25, -0.2) is 0 Å². The summed E-state index contributed by atoms with van der Waals surface area (Å²) < 4.78 is 3.18. The van der Waals surface area contributed by atoms with Crippen molar-refractivity contribution in [3.63, 3.8) is 0 Å². The summed E-state index contributed by atoms with van der Waals surface area (Å²) in [6.45, 7) is 29.4. The van der Waals surface area contributed by atoms with Crippen LogP contribution in [0.15, 0.2) is 97.1 Å². The molecule has 7 aromatic rings. The minimum absolute atomic E-state index is 0.663. The minimum Gasteiger partial charge on any atom is -0.136 e. The Morgan fingerprint density at radius 2 is 0.625 bits per heavy atom. The molecule has 4 heteroatoms. The van der Waals surface area contributed by atoms with Crippen molar-refractivity contribution >= 4 is 90.9 Å². The molecule has 0 N–H and O–H groups in total. The summed E-state index contributed by atoms with van der Waals surface area (Å²) in [7, 11) is -3.54. The summed E-state index contributed by atoms with van der Waals surface area (Å²) in [5.41, 5.74) is 6.16. The normalized spacial score (nSPS) is 12.6. The molecular weight excluding hydrogens is 745 g/mol. The molecule has 0 spiro atoms. The molecule has 0 aliphatic heterocycles. The van der Waals surface area contributed by atoms with Crippen molar-refractivity contribution in [2.24, 2.45) is 0 Å². The maximum atomic E-state index is 3.82. The molecule has 0 radical (unpaired) electrons. The highest BCUT2D eigenvalue weighted by atomic mass is 32.1. The highest BCUT2D eigenvalue weighted by Crippen LogP contribution is 2.44. The van der Waals surface area contributed by atoms with Crippen molar-refractivity contribution in [2.45, 2.75) is 116 Å². The monoisotopic (exact) mass is 802 g/mol. The molecule has 7 rings (SSSR count).